The normalized spacial score (nSPS) is 21.2. The number of rotatable bonds is 2. The molecule has 0 bridgehead atoms. The Balaban J connectivity index is 0.00000120. The standard InChI is InChI=1S/C13H13N3O.ClH/c14-11-6-10(11)9-1-2-12(16-7-9)8-3-4-15-13(17)5-8;/h1-5,7,10-11H,6,14H2,(H,15,17);1H/t10-,11+;/m1./s1. The van der Waals surface area contributed by atoms with Gasteiger partial charge in [-0.05, 0) is 24.1 Å². The zero-order chi connectivity index (χ0) is 11.8. The molecule has 4 nitrogen and oxygen atoms in total. The van der Waals surface area contributed by atoms with E-state index in [1.807, 2.05) is 24.4 Å². The second-order valence-corrected chi connectivity index (χ2v) is 4.42. The molecule has 2 aromatic rings. The number of aromatic nitrogens is 2. The van der Waals surface area contributed by atoms with E-state index in [1.165, 1.54) is 5.56 Å². The molecule has 5 heteroatoms. The highest BCUT2D eigenvalue weighted by molar-refractivity contribution is 5.85. The third kappa shape index (κ3) is 2.44. The van der Waals surface area contributed by atoms with E-state index in [4.69, 9.17) is 5.73 Å². The summed E-state index contributed by atoms with van der Waals surface area (Å²) in [6.45, 7) is 0. The zero-order valence-electron chi connectivity index (χ0n) is 9.67. The Labute approximate surface area is 111 Å². The van der Waals surface area contributed by atoms with Crippen molar-refractivity contribution >= 4 is 12.4 Å². The SMILES string of the molecule is Cl.N[C@H]1C[C@@H]1c1ccc(-c2cc[nH]c(=O)c2)nc1. The summed E-state index contributed by atoms with van der Waals surface area (Å²) < 4.78 is 0. The van der Waals surface area contributed by atoms with Crippen LogP contribution < -0.4 is 11.3 Å². The van der Waals surface area contributed by atoms with Crippen LogP contribution in [0.5, 0.6) is 0 Å². The van der Waals surface area contributed by atoms with E-state index in [1.54, 1.807) is 12.3 Å². The lowest BCUT2D eigenvalue weighted by Crippen LogP contribution is -2.03. The molecule has 18 heavy (non-hydrogen) atoms. The van der Waals surface area contributed by atoms with E-state index < -0.39 is 0 Å². The molecule has 2 atom stereocenters. The van der Waals surface area contributed by atoms with E-state index in [2.05, 4.69) is 9.97 Å². The van der Waals surface area contributed by atoms with Crippen LogP contribution in [0.25, 0.3) is 11.3 Å². The first-order chi connectivity index (χ1) is 8.24. The van der Waals surface area contributed by atoms with Crippen molar-refractivity contribution in [3.63, 3.8) is 0 Å². The predicted octanol–water partition coefficient (Wildman–Crippen LogP) is 1.67. The highest BCUT2D eigenvalue weighted by Gasteiger charge is 2.34. The third-order valence-corrected chi connectivity index (χ3v) is 3.13. The number of halogens is 1. The smallest absolute Gasteiger partial charge is 0.248 e. The molecule has 1 aliphatic rings. The van der Waals surface area contributed by atoms with Crippen molar-refractivity contribution < 1.29 is 0 Å². The Hall–Kier alpha value is -1.65. The molecule has 0 radical (unpaired) electrons. The van der Waals surface area contributed by atoms with Gasteiger partial charge >= 0.3 is 0 Å². The molecule has 2 aromatic heterocycles. The van der Waals surface area contributed by atoms with Gasteiger partial charge in [-0.25, -0.2) is 0 Å². The molecule has 1 fully saturated rings. The van der Waals surface area contributed by atoms with Gasteiger partial charge in [0.2, 0.25) is 5.56 Å². The first-order valence-electron chi connectivity index (χ1n) is 5.65. The van der Waals surface area contributed by atoms with E-state index in [-0.39, 0.29) is 18.0 Å². The first kappa shape index (κ1) is 12.8. The Kier molecular flexibility index (Phi) is 3.50. The summed E-state index contributed by atoms with van der Waals surface area (Å²) in [4.78, 5) is 18.2. The van der Waals surface area contributed by atoms with Gasteiger partial charge in [0.25, 0.3) is 0 Å². The molecular formula is C13H14ClN3O. The van der Waals surface area contributed by atoms with Crippen LogP contribution in [-0.2, 0) is 0 Å². The molecule has 94 valence electrons. The average Bonchev–Trinajstić information content (AvgIpc) is 3.07. The van der Waals surface area contributed by atoms with Crippen LogP contribution in [-0.4, -0.2) is 16.0 Å². The number of hydrogen-bond acceptors (Lipinski definition) is 3. The number of aromatic amines is 1. The molecule has 3 N–H and O–H groups in total. The Morgan fingerprint density at radius 1 is 1.33 bits per heavy atom. The highest BCUT2D eigenvalue weighted by Crippen LogP contribution is 2.38. The van der Waals surface area contributed by atoms with E-state index in [9.17, 15) is 4.79 Å². The van der Waals surface area contributed by atoms with Crippen molar-refractivity contribution in [1.82, 2.24) is 9.97 Å². The van der Waals surface area contributed by atoms with E-state index >= 15 is 0 Å². The fourth-order valence-corrected chi connectivity index (χ4v) is 2.00. The van der Waals surface area contributed by atoms with Crippen LogP contribution in [0.15, 0.2) is 41.5 Å². The summed E-state index contributed by atoms with van der Waals surface area (Å²) in [6.07, 6.45) is 4.53. The molecule has 0 aromatic carbocycles. The van der Waals surface area contributed by atoms with Crippen molar-refractivity contribution in [1.29, 1.82) is 0 Å². The molecular weight excluding hydrogens is 250 g/mol. The third-order valence-electron chi connectivity index (χ3n) is 3.13. The summed E-state index contributed by atoms with van der Waals surface area (Å²) in [5.74, 6) is 0.468. The lowest BCUT2D eigenvalue weighted by Gasteiger charge is -2.02. The maximum absolute atomic E-state index is 11.2. The second-order valence-electron chi connectivity index (χ2n) is 4.42. The topological polar surface area (TPSA) is 71.8 Å². The van der Waals surface area contributed by atoms with Gasteiger partial charge in [0.05, 0.1) is 5.69 Å². The van der Waals surface area contributed by atoms with E-state index in [0.717, 1.165) is 17.7 Å². The van der Waals surface area contributed by atoms with Crippen molar-refractivity contribution in [2.45, 2.75) is 18.4 Å². The number of nitrogens with one attached hydrogen (secondary N) is 1. The van der Waals surface area contributed by atoms with Gasteiger partial charge in [-0.2, -0.15) is 0 Å². The summed E-state index contributed by atoms with van der Waals surface area (Å²) in [5.41, 5.74) is 8.51. The molecule has 2 heterocycles. The van der Waals surface area contributed by atoms with E-state index in [0.29, 0.717) is 12.0 Å². The molecule has 0 spiro atoms. The van der Waals surface area contributed by atoms with Gasteiger partial charge < -0.3 is 10.7 Å². The van der Waals surface area contributed by atoms with Crippen molar-refractivity contribution in [2.75, 3.05) is 0 Å². The number of hydrogen-bond donors (Lipinski definition) is 2. The quantitative estimate of drug-likeness (QED) is 0.866. The zero-order valence-corrected chi connectivity index (χ0v) is 10.5. The highest BCUT2D eigenvalue weighted by atomic mass is 35.5. The summed E-state index contributed by atoms with van der Waals surface area (Å²) in [5, 5.41) is 0. The molecule has 0 unspecified atom stereocenters. The number of pyridine rings is 2. The molecule has 3 rings (SSSR count). The van der Waals surface area contributed by atoms with Crippen LogP contribution in [0, 0.1) is 0 Å². The Bertz CT molecular complexity index is 594. The number of nitrogens with two attached hydrogens (primary N) is 1. The van der Waals surface area contributed by atoms with Gasteiger partial charge in [-0.1, -0.05) is 6.07 Å². The number of nitrogens with zero attached hydrogens (tertiary/aromatic N) is 1. The lowest BCUT2D eigenvalue weighted by molar-refractivity contribution is 0.981. The monoisotopic (exact) mass is 263 g/mol. The molecule has 0 aliphatic heterocycles. The van der Waals surface area contributed by atoms with Gasteiger partial charge in [-0.3, -0.25) is 9.78 Å². The molecule has 0 saturated heterocycles. The molecule has 0 amide bonds. The fourth-order valence-electron chi connectivity index (χ4n) is 2.00. The van der Waals surface area contributed by atoms with Crippen molar-refractivity contribution in [3.8, 4) is 11.3 Å². The van der Waals surface area contributed by atoms with Crippen LogP contribution in [0.3, 0.4) is 0 Å². The predicted molar refractivity (Wildman–Crippen MR) is 72.9 cm³/mol. The van der Waals surface area contributed by atoms with Crippen molar-refractivity contribution in [3.05, 3.63) is 52.6 Å². The largest absolute Gasteiger partial charge is 0.329 e. The second kappa shape index (κ2) is 4.92. The summed E-state index contributed by atoms with van der Waals surface area (Å²) in [6, 6.07) is 7.66. The summed E-state index contributed by atoms with van der Waals surface area (Å²) >= 11 is 0. The van der Waals surface area contributed by atoms with Crippen LogP contribution >= 0.6 is 12.4 Å². The summed E-state index contributed by atoms with van der Waals surface area (Å²) in [7, 11) is 0. The minimum atomic E-state index is -0.113. The van der Waals surface area contributed by atoms with Gasteiger partial charge in [-0.15, -0.1) is 12.4 Å². The molecule has 1 aliphatic carbocycles. The van der Waals surface area contributed by atoms with Crippen LogP contribution in [0.2, 0.25) is 0 Å². The van der Waals surface area contributed by atoms with Gasteiger partial charge in [0, 0.05) is 36.0 Å². The fraction of sp³-hybridized carbons (Fsp3) is 0.231. The molecule has 1 saturated carbocycles. The van der Waals surface area contributed by atoms with Gasteiger partial charge in [0.15, 0.2) is 0 Å². The lowest BCUT2D eigenvalue weighted by atomic mass is 10.1. The Morgan fingerprint density at radius 2 is 2.11 bits per heavy atom. The minimum absolute atomic E-state index is 0. The minimum Gasteiger partial charge on any atom is -0.329 e. The maximum atomic E-state index is 11.2. The first-order valence-corrected chi connectivity index (χ1v) is 5.65. The van der Waals surface area contributed by atoms with Crippen molar-refractivity contribution in [2.24, 2.45) is 5.73 Å². The maximum Gasteiger partial charge on any atom is 0.248 e. The Morgan fingerprint density at radius 3 is 2.67 bits per heavy atom. The number of H-pyrrole nitrogens is 1. The van der Waals surface area contributed by atoms with Gasteiger partial charge in [0.1, 0.15) is 0 Å². The van der Waals surface area contributed by atoms with Crippen LogP contribution in [0.4, 0.5) is 0 Å². The average molecular weight is 264 g/mol. The van der Waals surface area contributed by atoms with Crippen LogP contribution in [0.1, 0.15) is 17.9 Å².